The molecule has 0 spiro atoms. The molecule has 0 saturated heterocycles. The van der Waals surface area contributed by atoms with Crippen molar-refractivity contribution in [3.63, 3.8) is 0 Å². The van der Waals surface area contributed by atoms with Crippen molar-refractivity contribution < 1.29 is 13.5 Å². The van der Waals surface area contributed by atoms with Crippen LogP contribution in [0.25, 0.3) is 0 Å². The van der Waals surface area contributed by atoms with Crippen LogP contribution in [0.15, 0.2) is 18.2 Å². The molecule has 0 fully saturated rings. The lowest BCUT2D eigenvalue weighted by molar-refractivity contribution is 0.130. The molecule has 0 aliphatic heterocycles. The first-order chi connectivity index (χ1) is 5.87. The topological polar surface area (TPSA) is 9.23 Å². The van der Waals surface area contributed by atoms with Gasteiger partial charge in [0.25, 0.3) is 0 Å². The Kier molecular flexibility index (Phi) is 2.55. The maximum absolute atomic E-state index is 12.7. The molecule has 72 valence electrons. The highest BCUT2D eigenvalue weighted by molar-refractivity contribution is 5.24. The lowest BCUT2D eigenvalue weighted by Crippen LogP contribution is -2.23. The molecule has 1 aromatic carbocycles. The van der Waals surface area contributed by atoms with E-state index in [4.69, 9.17) is 4.74 Å². The highest BCUT2D eigenvalue weighted by Crippen LogP contribution is 2.20. The second-order valence-corrected chi connectivity index (χ2v) is 3.82. The second kappa shape index (κ2) is 3.32. The van der Waals surface area contributed by atoms with Gasteiger partial charge in [-0.2, -0.15) is 0 Å². The monoisotopic (exact) mass is 186 g/mol. The quantitative estimate of drug-likeness (QED) is 0.654. The van der Waals surface area contributed by atoms with E-state index >= 15 is 0 Å². The first-order valence-corrected chi connectivity index (χ1v) is 4.02. The Morgan fingerprint density at radius 1 is 1.00 bits per heavy atom. The van der Waals surface area contributed by atoms with Crippen LogP contribution in [-0.4, -0.2) is 5.60 Å². The molecule has 0 aliphatic carbocycles. The zero-order valence-electron chi connectivity index (χ0n) is 7.90. The molecular formula is C10H12F2O. The third-order valence-electron chi connectivity index (χ3n) is 1.26. The van der Waals surface area contributed by atoms with E-state index in [9.17, 15) is 8.78 Å². The number of ether oxygens (including phenoxy) is 1. The molecule has 0 unspecified atom stereocenters. The first kappa shape index (κ1) is 9.96. The summed E-state index contributed by atoms with van der Waals surface area (Å²) >= 11 is 0. The molecule has 3 heteroatoms. The van der Waals surface area contributed by atoms with E-state index in [2.05, 4.69) is 0 Å². The number of halogens is 2. The average Bonchev–Trinajstić information content (AvgIpc) is 1.78. The Hall–Kier alpha value is -1.12. The Bertz CT molecular complexity index is 282. The van der Waals surface area contributed by atoms with E-state index < -0.39 is 17.2 Å². The molecule has 0 N–H and O–H groups in total. The summed E-state index contributed by atoms with van der Waals surface area (Å²) in [5, 5.41) is 0. The van der Waals surface area contributed by atoms with Crippen LogP contribution in [0, 0.1) is 11.6 Å². The summed E-state index contributed by atoms with van der Waals surface area (Å²) in [5.74, 6) is -1.04. The van der Waals surface area contributed by atoms with Crippen molar-refractivity contribution in [2.24, 2.45) is 0 Å². The second-order valence-electron chi connectivity index (χ2n) is 3.82. The fraction of sp³-hybridized carbons (Fsp3) is 0.400. The predicted molar refractivity (Wildman–Crippen MR) is 46.7 cm³/mol. The molecule has 0 aromatic heterocycles. The van der Waals surface area contributed by atoms with Crippen LogP contribution in [-0.2, 0) is 0 Å². The molecule has 0 saturated carbocycles. The molecule has 0 aliphatic rings. The zero-order valence-corrected chi connectivity index (χ0v) is 7.90. The van der Waals surface area contributed by atoms with Crippen LogP contribution < -0.4 is 4.74 Å². The van der Waals surface area contributed by atoms with Gasteiger partial charge in [-0.3, -0.25) is 0 Å². The molecule has 0 atom stereocenters. The maximum atomic E-state index is 12.7. The molecule has 1 aromatic rings. The Morgan fingerprint density at radius 2 is 1.46 bits per heavy atom. The summed E-state index contributed by atoms with van der Waals surface area (Å²) in [6, 6.07) is 3.14. The van der Waals surface area contributed by atoms with Gasteiger partial charge in [0.05, 0.1) is 0 Å². The van der Waals surface area contributed by atoms with Gasteiger partial charge in [0.15, 0.2) is 0 Å². The van der Waals surface area contributed by atoms with Crippen LogP contribution in [0.5, 0.6) is 5.75 Å². The van der Waals surface area contributed by atoms with Gasteiger partial charge in [0.1, 0.15) is 23.0 Å². The van der Waals surface area contributed by atoms with Crippen molar-refractivity contribution in [2.45, 2.75) is 26.4 Å². The minimum atomic E-state index is -0.626. The molecular weight excluding hydrogens is 174 g/mol. The van der Waals surface area contributed by atoms with Gasteiger partial charge in [0.2, 0.25) is 0 Å². The molecule has 0 amide bonds. The highest BCUT2D eigenvalue weighted by atomic mass is 19.1. The van der Waals surface area contributed by atoms with Crippen LogP contribution >= 0.6 is 0 Å². The lowest BCUT2D eigenvalue weighted by Gasteiger charge is -2.21. The maximum Gasteiger partial charge on any atom is 0.129 e. The fourth-order valence-corrected chi connectivity index (χ4v) is 0.941. The van der Waals surface area contributed by atoms with E-state index in [0.29, 0.717) is 0 Å². The number of benzene rings is 1. The van der Waals surface area contributed by atoms with Crippen molar-refractivity contribution in [1.82, 2.24) is 0 Å². The number of hydrogen-bond acceptors (Lipinski definition) is 1. The normalized spacial score (nSPS) is 11.5. The lowest BCUT2D eigenvalue weighted by atomic mass is 10.2. The van der Waals surface area contributed by atoms with Gasteiger partial charge in [-0.25, -0.2) is 8.78 Å². The summed E-state index contributed by atoms with van der Waals surface area (Å²) in [5.41, 5.74) is -0.444. The number of rotatable bonds is 1. The first-order valence-electron chi connectivity index (χ1n) is 4.02. The van der Waals surface area contributed by atoms with Gasteiger partial charge in [-0.15, -0.1) is 0 Å². The van der Waals surface area contributed by atoms with E-state index in [-0.39, 0.29) is 5.75 Å². The Labute approximate surface area is 76.3 Å². The molecule has 0 radical (unpaired) electrons. The van der Waals surface area contributed by atoms with Crippen LogP contribution in [0.2, 0.25) is 0 Å². The van der Waals surface area contributed by atoms with Crippen molar-refractivity contribution in [1.29, 1.82) is 0 Å². The SMILES string of the molecule is CC(C)(C)Oc1cc(F)cc(F)c1. The third-order valence-corrected chi connectivity index (χ3v) is 1.26. The summed E-state index contributed by atoms with van der Waals surface area (Å²) in [7, 11) is 0. The minimum absolute atomic E-state index is 0.213. The third kappa shape index (κ3) is 3.40. The largest absolute Gasteiger partial charge is 0.488 e. The summed E-state index contributed by atoms with van der Waals surface area (Å²) < 4.78 is 30.6. The van der Waals surface area contributed by atoms with Gasteiger partial charge in [-0.1, -0.05) is 0 Å². The van der Waals surface area contributed by atoms with Crippen molar-refractivity contribution >= 4 is 0 Å². The molecule has 1 nitrogen and oxygen atoms in total. The zero-order chi connectivity index (χ0) is 10.1. The molecule has 13 heavy (non-hydrogen) atoms. The summed E-state index contributed by atoms with van der Waals surface area (Å²) in [6.07, 6.45) is 0. The summed E-state index contributed by atoms with van der Waals surface area (Å²) in [4.78, 5) is 0. The molecule has 1 rings (SSSR count). The van der Waals surface area contributed by atoms with Crippen molar-refractivity contribution in [3.05, 3.63) is 29.8 Å². The Morgan fingerprint density at radius 3 is 1.85 bits per heavy atom. The smallest absolute Gasteiger partial charge is 0.129 e. The van der Waals surface area contributed by atoms with E-state index in [0.717, 1.165) is 18.2 Å². The standard InChI is InChI=1S/C10H12F2O/c1-10(2,3)13-9-5-7(11)4-8(12)6-9/h4-6H,1-3H3. The van der Waals surface area contributed by atoms with E-state index in [1.165, 1.54) is 0 Å². The van der Waals surface area contributed by atoms with Crippen LogP contribution in [0.1, 0.15) is 20.8 Å². The Balaban J connectivity index is 2.90. The molecule has 0 heterocycles. The van der Waals surface area contributed by atoms with Crippen LogP contribution in [0.3, 0.4) is 0 Å². The van der Waals surface area contributed by atoms with Gasteiger partial charge < -0.3 is 4.74 Å². The average molecular weight is 186 g/mol. The summed E-state index contributed by atoms with van der Waals surface area (Å²) in [6.45, 7) is 5.45. The number of hydrogen-bond donors (Lipinski definition) is 0. The molecule has 0 bridgehead atoms. The van der Waals surface area contributed by atoms with Crippen LogP contribution in [0.4, 0.5) is 8.78 Å². The van der Waals surface area contributed by atoms with Gasteiger partial charge in [0, 0.05) is 18.2 Å². The fourth-order valence-electron chi connectivity index (χ4n) is 0.941. The highest BCUT2D eigenvalue weighted by Gasteiger charge is 2.12. The predicted octanol–water partition coefficient (Wildman–Crippen LogP) is 3.14. The minimum Gasteiger partial charge on any atom is -0.488 e. The van der Waals surface area contributed by atoms with E-state index in [1.807, 2.05) is 20.8 Å². The van der Waals surface area contributed by atoms with Crippen molar-refractivity contribution in [3.8, 4) is 5.75 Å². The van der Waals surface area contributed by atoms with Gasteiger partial charge in [-0.05, 0) is 20.8 Å². The van der Waals surface area contributed by atoms with Crippen molar-refractivity contribution in [2.75, 3.05) is 0 Å². The van der Waals surface area contributed by atoms with Gasteiger partial charge >= 0.3 is 0 Å². The van der Waals surface area contributed by atoms with E-state index in [1.54, 1.807) is 0 Å².